The zero-order valence-corrected chi connectivity index (χ0v) is 14.2. The Bertz CT molecular complexity index is 565. The fraction of sp³-hybridized carbons (Fsp3) is 0.471. The van der Waals surface area contributed by atoms with Crippen LogP contribution in [0.25, 0.3) is 0 Å². The summed E-state index contributed by atoms with van der Waals surface area (Å²) in [7, 11) is 2.11. The predicted molar refractivity (Wildman–Crippen MR) is 92.1 cm³/mol. The summed E-state index contributed by atoms with van der Waals surface area (Å²) in [6.45, 7) is 8.46. The Labute approximate surface area is 132 Å². The Morgan fingerprint density at radius 2 is 2.19 bits per heavy atom. The topological polar surface area (TPSA) is 28.2 Å². The van der Waals surface area contributed by atoms with E-state index in [1.165, 1.54) is 16.0 Å². The maximum absolute atomic E-state index is 4.57. The number of hydrogen-bond acceptors (Lipinski definition) is 4. The SMILES string of the molecule is CCCNC(C)c1cnc(N(C)Cc2cccc(C)c2)s1. The van der Waals surface area contributed by atoms with Gasteiger partial charge in [0, 0.05) is 30.7 Å². The van der Waals surface area contributed by atoms with Crippen molar-refractivity contribution >= 4 is 16.5 Å². The van der Waals surface area contributed by atoms with Gasteiger partial charge in [-0.1, -0.05) is 36.8 Å². The summed E-state index contributed by atoms with van der Waals surface area (Å²) in [6.07, 6.45) is 3.16. The van der Waals surface area contributed by atoms with Crippen molar-refractivity contribution in [3.63, 3.8) is 0 Å². The van der Waals surface area contributed by atoms with Crippen LogP contribution in [0.2, 0.25) is 0 Å². The highest BCUT2D eigenvalue weighted by Gasteiger charge is 2.12. The van der Waals surface area contributed by atoms with Gasteiger partial charge in [-0.25, -0.2) is 4.98 Å². The van der Waals surface area contributed by atoms with Crippen LogP contribution in [0.3, 0.4) is 0 Å². The average Bonchev–Trinajstić information content (AvgIpc) is 2.94. The Morgan fingerprint density at radius 3 is 2.90 bits per heavy atom. The quantitative estimate of drug-likeness (QED) is 0.833. The van der Waals surface area contributed by atoms with Gasteiger partial charge in [-0.15, -0.1) is 11.3 Å². The highest BCUT2D eigenvalue weighted by Crippen LogP contribution is 2.27. The monoisotopic (exact) mass is 303 g/mol. The highest BCUT2D eigenvalue weighted by molar-refractivity contribution is 7.15. The van der Waals surface area contributed by atoms with Crippen molar-refractivity contribution in [1.29, 1.82) is 0 Å². The zero-order chi connectivity index (χ0) is 15.2. The molecule has 0 aliphatic carbocycles. The molecule has 21 heavy (non-hydrogen) atoms. The molecule has 3 nitrogen and oxygen atoms in total. The molecule has 1 atom stereocenters. The number of nitrogens with one attached hydrogen (secondary N) is 1. The lowest BCUT2D eigenvalue weighted by Crippen LogP contribution is -2.18. The summed E-state index contributed by atoms with van der Waals surface area (Å²) < 4.78 is 0. The summed E-state index contributed by atoms with van der Waals surface area (Å²) in [6, 6.07) is 9.03. The van der Waals surface area contributed by atoms with Crippen LogP contribution in [0.1, 0.15) is 42.3 Å². The number of anilines is 1. The summed E-state index contributed by atoms with van der Waals surface area (Å²) in [5.41, 5.74) is 2.63. The number of aromatic nitrogens is 1. The Kier molecular flexibility index (Phi) is 5.76. The minimum absolute atomic E-state index is 0.378. The van der Waals surface area contributed by atoms with Crippen molar-refractivity contribution in [3.8, 4) is 0 Å². The van der Waals surface area contributed by atoms with Crippen LogP contribution in [-0.4, -0.2) is 18.6 Å². The first-order chi connectivity index (χ1) is 10.1. The molecule has 0 aliphatic heterocycles. The summed E-state index contributed by atoms with van der Waals surface area (Å²) in [5.74, 6) is 0. The van der Waals surface area contributed by atoms with Gasteiger partial charge in [0.1, 0.15) is 0 Å². The van der Waals surface area contributed by atoms with Crippen molar-refractivity contribution < 1.29 is 0 Å². The number of rotatable bonds is 7. The predicted octanol–water partition coefficient (Wildman–Crippen LogP) is 4.15. The molecule has 4 heteroatoms. The van der Waals surface area contributed by atoms with Gasteiger partial charge in [0.2, 0.25) is 0 Å². The summed E-state index contributed by atoms with van der Waals surface area (Å²) in [5, 5.41) is 4.59. The minimum Gasteiger partial charge on any atom is -0.347 e. The molecule has 1 aromatic heterocycles. The lowest BCUT2D eigenvalue weighted by molar-refractivity contribution is 0.577. The fourth-order valence-corrected chi connectivity index (χ4v) is 3.17. The van der Waals surface area contributed by atoms with E-state index in [4.69, 9.17) is 0 Å². The summed E-state index contributed by atoms with van der Waals surface area (Å²) >= 11 is 1.78. The van der Waals surface area contributed by atoms with Gasteiger partial charge in [0.05, 0.1) is 0 Å². The van der Waals surface area contributed by atoms with Gasteiger partial charge in [0.25, 0.3) is 0 Å². The van der Waals surface area contributed by atoms with Crippen molar-refractivity contribution in [3.05, 3.63) is 46.5 Å². The Balaban J connectivity index is 2.00. The second-order valence-electron chi connectivity index (χ2n) is 5.57. The third kappa shape index (κ3) is 4.55. The van der Waals surface area contributed by atoms with Crippen LogP contribution in [0.4, 0.5) is 5.13 Å². The molecule has 1 aromatic carbocycles. The van der Waals surface area contributed by atoms with Crippen LogP contribution >= 0.6 is 11.3 Å². The molecule has 0 saturated heterocycles. The van der Waals surface area contributed by atoms with Crippen molar-refractivity contribution in [2.75, 3.05) is 18.5 Å². The molecule has 0 saturated carbocycles. The van der Waals surface area contributed by atoms with Crippen LogP contribution in [-0.2, 0) is 6.54 Å². The van der Waals surface area contributed by atoms with Crippen molar-refractivity contribution in [1.82, 2.24) is 10.3 Å². The third-order valence-corrected chi connectivity index (χ3v) is 4.76. The highest BCUT2D eigenvalue weighted by atomic mass is 32.1. The molecule has 0 bridgehead atoms. The fourth-order valence-electron chi connectivity index (χ4n) is 2.27. The molecule has 2 aromatic rings. The van der Waals surface area contributed by atoms with Gasteiger partial charge in [-0.05, 0) is 32.4 Å². The van der Waals surface area contributed by atoms with Crippen LogP contribution < -0.4 is 10.2 Å². The first-order valence-electron chi connectivity index (χ1n) is 7.56. The minimum atomic E-state index is 0.378. The zero-order valence-electron chi connectivity index (χ0n) is 13.4. The van der Waals surface area contributed by atoms with E-state index in [9.17, 15) is 0 Å². The van der Waals surface area contributed by atoms with E-state index in [0.29, 0.717) is 6.04 Å². The molecule has 114 valence electrons. The average molecular weight is 303 g/mol. The normalized spacial score (nSPS) is 12.4. The van der Waals surface area contributed by atoms with E-state index in [2.05, 4.69) is 67.3 Å². The molecule has 0 aliphatic rings. The lowest BCUT2D eigenvalue weighted by atomic mass is 10.1. The third-order valence-electron chi connectivity index (χ3n) is 3.47. The van der Waals surface area contributed by atoms with Gasteiger partial charge in [-0.2, -0.15) is 0 Å². The second-order valence-corrected chi connectivity index (χ2v) is 6.61. The smallest absolute Gasteiger partial charge is 0.185 e. The molecular weight excluding hydrogens is 278 g/mol. The van der Waals surface area contributed by atoms with Crippen LogP contribution in [0.5, 0.6) is 0 Å². The number of thiazole rings is 1. The first-order valence-corrected chi connectivity index (χ1v) is 8.37. The molecule has 1 unspecified atom stereocenters. The van der Waals surface area contributed by atoms with Gasteiger partial charge < -0.3 is 10.2 Å². The molecule has 0 amide bonds. The number of aryl methyl sites for hydroxylation is 1. The number of nitrogens with zero attached hydrogens (tertiary/aromatic N) is 2. The molecule has 0 radical (unpaired) electrons. The van der Waals surface area contributed by atoms with Crippen LogP contribution in [0, 0.1) is 6.92 Å². The van der Waals surface area contributed by atoms with Crippen LogP contribution in [0.15, 0.2) is 30.5 Å². The van der Waals surface area contributed by atoms with E-state index < -0.39 is 0 Å². The van der Waals surface area contributed by atoms with Gasteiger partial charge >= 0.3 is 0 Å². The Morgan fingerprint density at radius 1 is 1.38 bits per heavy atom. The summed E-state index contributed by atoms with van der Waals surface area (Å²) in [4.78, 5) is 8.09. The molecule has 1 heterocycles. The van der Waals surface area contributed by atoms with Crippen molar-refractivity contribution in [2.45, 2.75) is 39.8 Å². The lowest BCUT2D eigenvalue weighted by Gasteiger charge is -2.16. The molecule has 0 fully saturated rings. The van der Waals surface area contributed by atoms with E-state index >= 15 is 0 Å². The largest absolute Gasteiger partial charge is 0.347 e. The number of hydrogen-bond donors (Lipinski definition) is 1. The standard InChI is InChI=1S/C17H25N3S/c1-5-9-18-14(3)16-11-19-17(21-16)20(4)12-15-8-6-7-13(2)10-15/h6-8,10-11,14,18H,5,9,12H2,1-4H3. The van der Waals surface area contributed by atoms with E-state index in [1.807, 2.05) is 6.20 Å². The van der Waals surface area contributed by atoms with E-state index in [-0.39, 0.29) is 0 Å². The van der Waals surface area contributed by atoms with E-state index in [1.54, 1.807) is 11.3 Å². The molecule has 0 spiro atoms. The molecule has 2 rings (SSSR count). The van der Waals surface area contributed by atoms with Gasteiger partial charge in [-0.3, -0.25) is 0 Å². The maximum atomic E-state index is 4.57. The molecular formula is C17H25N3S. The van der Waals surface area contributed by atoms with Crippen molar-refractivity contribution in [2.24, 2.45) is 0 Å². The Hall–Kier alpha value is -1.39. The van der Waals surface area contributed by atoms with E-state index in [0.717, 1.165) is 24.6 Å². The molecule has 1 N–H and O–H groups in total. The second kappa shape index (κ2) is 7.57. The number of benzene rings is 1. The maximum Gasteiger partial charge on any atom is 0.185 e. The van der Waals surface area contributed by atoms with Gasteiger partial charge in [0.15, 0.2) is 5.13 Å². The first kappa shape index (κ1) is 16.0.